The normalized spacial score (nSPS) is 9.42. The first-order chi connectivity index (χ1) is 5.86. The fourth-order valence-corrected chi connectivity index (χ4v) is 0.937. The van der Waals surface area contributed by atoms with E-state index in [2.05, 4.69) is 9.24 Å². The predicted octanol–water partition coefficient (Wildman–Crippen LogP) is 1.75. The molecule has 0 aliphatic heterocycles. The SMILES string of the molecule is O=Cc1ccc(OCCP)cc1. The summed E-state index contributed by atoms with van der Waals surface area (Å²) in [6, 6.07) is 7.07. The molecule has 12 heavy (non-hydrogen) atoms. The van der Waals surface area contributed by atoms with Crippen LogP contribution in [0.4, 0.5) is 0 Å². The third-order valence-corrected chi connectivity index (χ3v) is 1.64. The molecule has 1 aromatic carbocycles. The number of ether oxygens (including phenoxy) is 1. The summed E-state index contributed by atoms with van der Waals surface area (Å²) in [5.41, 5.74) is 0.674. The number of benzene rings is 1. The molecule has 0 heterocycles. The molecule has 0 N–H and O–H groups in total. The van der Waals surface area contributed by atoms with Gasteiger partial charge in [0.15, 0.2) is 0 Å². The van der Waals surface area contributed by atoms with E-state index in [1.54, 1.807) is 24.3 Å². The number of carbonyl (C=O) groups is 1. The second kappa shape index (κ2) is 4.89. The first kappa shape index (κ1) is 9.21. The summed E-state index contributed by atoms with van der Waals surface area (Å²) in [5.74, 6) is 0.808. The van der Waals surface area contributed by atoms with Crippen molar-refractivity contribution in [3.05, 3.63) is 29.8 Å². The molecule has 0 bridgehead atoms. The highest BCUT2D eigenvalue weighted by molar-refractivity contribution is 7.16. The molecule has 1 unspecified atom stereocenters. The quantitative estimate of drug-likeness (QED) is 0.523. The average molecular weight is 182 g/mol. The summed E-state index contributed by atoms with van der Waals surface area (Å²) in [6.07, 6.45) is 1.73. The Hall–Kier alpha value is -0.880. The highest BCUT2D eigenvalue weighted by Crippen LogP contribution is 2.10. The average Bonchev–Trinajstić information content (AvgIpc) is 2.15. The maximum atomic E-state index is 10.3. The van der Waals surface area contributed by atoms with Crippen LogP contribution in [0.5, 0.6) is 5.75 Å². The van der Waals surface area contributed by atoms with E-state index in [0.29, 0.717) is 12.2 Å². The highest BCUT2D eigenvalue weighted by atomic mass is 31.0. The van der Waals surface area contributed by atoms with E-state index in [1.165, 1.54) is 0 Å². The fourth-order valence-electron chi connectivity index (χ4n) is 0.819. The van der Waals surface area contributed by atoms with Crippen molar-refractivity contribution in [2.24, 2.45) is 0 Å². The molecule has 2 nitrogen and oxygen atoms in total. The van der Waals surface area contributed by atoms with Crippen molar-refractivity contribution in [1.82, 2.24) is 0 Å². The van der Waals surface area contributed by atoms with Gasteiger partial charge in [0.1, 0.15) is 12.0 Å². The molecule has 0 aromatic heterocycles. The molecular formula is C9H11O2P. The fraction of sp³-hybridized carbons (Fsp3) is 0.222. The van der Waals surface area contributed by atoms with Crippen molar-refractivity contribution in [2.45, 2.75) is 0 Å². The lowest BCUT2D eigenvalue weighted by Gasteiger charge is -2.02. The maximum absolute atomic E-state index is 10.3. The monoisotopic (exact) mass is 182 g/mol. The molecule has 0 spiro atoms. The summed E-state index contributed by atoms with van der Waals surface area (Å²) < 4.78 is 5.32. The Morgan fingerprint density at radius 2 is 2.00 bits per heavy atom. The lowest BCUT2D eigenvalue weighted by atomic mass is 10.2. The van der Waals surface area contributed by atoms with E-state index in [0.717, 1.165) is 18.2 Å². The molecule has 1 aromatic rings. The molecule has 0 saturated carbocycles. The molecule has 0 fully saturated rings. The molecule has 1 rings (SSSR count). The van der Waals surface area contributed by atoms with Crippen LogP contribution in [0.1, 0.15) is 10.4 Å². The number of hydrogen-bond donors (Lipinski definition) is 0. The van der Waals surface area contributed by atoms with Gasteiger partial charge < -0.3 is 4.74 Å². The summed E-state index contributed by atoms with van der Waals surface area (Å²) in [4.78, 5) is 10.3. The van der Waals surface area contributed by atoms with E-state index in [4.69, 9.17) is 4.74 Å². The smallest absolute Gasteiger partial charge is 0.150 e. The maximum Gasteiger partial charge on any atom is 0.150 e. The van der Waals surface area contributed by atoms with Crippen molar-refractivity contribution in [3.8, 4) is 5.75 Å². The van der Waals surface area contributed by atoms with Gasteiger partial charge >= 0.3 is 0 Å². The van der Waals surface area contributed by atoms with Gasteiger partial charge in [-0.1, -0.05) is 0 Å². The minimum atomic E-state index is 0.674. The van der Waals surface area contributed by atoms with E-state index >= 15 is 0 Å². The van der Waals surface area contributed by atoms with Gasteiger partial charge in [0.2, 0.25) is 0 Å². The van der Waals surface area contributed by atoms with Crippen LogP contribution in [0, 0.1) is 0 Å². The van der Waals surface area contributed by atoms with Crippen LogP contribution in [-0.4, -0.2) is 19.1 Å². The Labute approximate surface area is 74.1 Å². The first-order valence-corrected chi connectivity index (χ1v) is 4.56. The van der Waals surface area contributed by atoms with Crippen LogP contribution in [0.15, 0.2) is 24.3 Å². The van der Waals surface area contributed by atoms with Crippen LogP contribution in [0.25, 0.3) is 0 Å². The van der Waals surface area contributed by atoms with E-state index in [1.807, 2.05) is 0 Å². The number of rotatable bonds is 4. The minimum absolute atomic E-state index is 0.674. The molecule has 0 aliphatic rings. The molecular weight excluding hydrogens is 171 g/mol. The summed E-state index contributed by atoms with van der Waals surface area (Å²) in [5, 5.41) is 0. The van der Waals surface area contributed by atoms with Crippen LogP contribution in [0.2, 0.25) is 0 Å². The Balaban J connectivity index is 2.58. The van der Waals surface area contributed by atoms with Crippen LogP contribution < -0.4 is 4.74 Å². The number of hydrogen-bond acceptors (Lipinski definition) is 2. The summed E-state index contributed by atoms with van der Waals surface area (Å²) in [6.45, 7) is 0.686. The Kier molecular flexibility index (Phi) is 3.75. The van der Waals surface area contributed by atoms with Gasteiger partial charge in [-0.3, -0.25) is 4.79 Å². The van der Waals surface area contributed by atoms with Crippen LogP contribution >= 0.6 is 9.24 Å². The molecule has 0 amide bonds. The van der Waals surface area contributed by atoms with Gasteiger partial charge in [-0.05, 0) is 30.4 Å². The highest BCUT2D eigenvalue weighted by Gasteiger charge is 1.92. The van der Waals surface area contributed by atoms with Gasteiger partial charge in [-0.2, -0.15) is 0 Å². The van der Waals surface area contributed by atoms with Gasteiger partial charge in [-0.25, -0.2) is 0 Å². The largest absolute Gasteiger partial charge is 0.493 e. The molecule has 0 saturated heterocycles. The predicted molar refractivity (Wildman–Crippen MR) is 51.9 cm³/mol. The molecule has 64 valence electrons. The Bertz CT molecular complexity index is 243. The molecule has 1 atom stereocenters. The van der Waals surface area contributed by atoms with Crippen molar-refractivity contribution in [3.63, 3.8) is 0 Å². The topological polar surface area (TPSA) is 26.3 Å². The van der Waals surface area contributed by atoms with Crippen molar-refractivity contribution < 1.29 is 9.53 Å². The number of aldehydes is 1. The van der Waals surface area contributed by atoms with Crippen molar-refractivity contribution in [2.75, 3.05) is 12.8 Å². The zero-order valence-corrected chi connectivity index (χ0v) is 7.85. The molecule has 0 radical (unpaired) electrons. The van der Waals surface area contributed by atoms with E-state index in [-0.39, 0.29) is 0 Å². The van der Waals surface area contributed by atoms with E-state index in [9.17, 15) is 4.79 Å². The van der Waals surface area contributed by atoms with Crippen LogP contribution in [-0.2, 0) is 0 Å². The van der Waals surface area contributed by atoms with Crippen molar-refractivity contribution in [1.29, 1.82) is 0 Å². The molecule has 0 aliphatic carbocycles. The van der Waals surface area contributed by atoms with Gasteiger partial charge in [0.25, 0.3) is 0 Å². The molecule has 3 heteroatoms. The zero-order chi connectivity index (χ0) is 8.81. The second-order valence-corrected chi connectivity index (χ2v) is 2.90. The van der Waals surface area contributed by atoms with Gasteiger partial charge in [0.05, 0.1) is 6.61 Å². The lowest BCUT2D eigenvalue weighted by molar-refractivity contribution is 0.112. The second-order valence-electron chi connectivity index (χ2n) is 2.32. The third-order valence-electron chi connectivity index (χ3n) is 1.40. The summed E-state index contributed by atoms with van der Waals surface area (Å²) >= 11 is 0. The lowest BCUT2D eigenvalue weighted by Crippen LogP contribution is -1.97. The Morgan fingerprint density at radius 1 is 1.33 bits per heavy atom. The van der Waals surface area contributed by atoms with Gasteiger partial charge in [0, 0.05) is 5.56 Å². The minimum Gasteiger partial charge on any atom is -0.493 e. The zero-order valence-electron chi connectivity index (χ0n) is 6.69. The third kappa shape index (κ3) is 2.63. The van der Waals surface area contributed by atoms with E-state index < -0.39 is 0 Å². The van der Waals surface area contributed by atoms with Crippen molar-refractivity contribution >= 4 is 15.5 Å². The van der Waals surface area contributed by atoms with Gasteiger partial charge in [-0.15, -0.1) is 9.24 Å². The Morgan fingerprint density at radius 3 is 2.50 bits per heavy atom. The number of carbonyl (C=O) groups excluding carboxylic acids is 1. The van der Waals surface area contributed by atoms with Crippen LogP contribution in [0.3, 0.4) is 0 Å². The summed E-state index contributed by atoms with van der Waals surface area (Å²) in [7, 11) is 2.59. The standard InChI is InChI=1S/C9H11O2P/c10-7-8-1-3-9(4-2-8)11-5-6-12/h1-4,7H,5-6,12H2. The first-order valence-electron chi connectivity index (χ1n) is 3.75.